The first kappa shape index (κ1) is 20.7. The molecule has 3 N–H and O–H groups in total. The molecule has 148 valence electrons. The van der Waals surface area contributed by atoms with Crippen LogP contribution in [0, 0.1) is 0 Å². The van der Waals surface area contributed by atoms with Crippen LogP contribution in [0.1, 0.15) is 5.56 Å². The van der Waals surface area contributed by atoms with Gasteiger partial charge in [-0.15, -0.1) is 0 Å². The van der Waals surface area contributed by atoms with Gasteiger partial charge in [-0.05, 0) is 12.1 Å². The summed E-state index contributed by atoms with van der Waals surface area (Å²) >= 11 is 0. The molecule has 0 fully saturated rings. The Labute approximate surface area is 147 Å². The predicted molar refractivity (Wildman–Crippen MR) is 78.0 cm³/mol. The number of carbonyl (C=O) groups excluding carboxylic acids is 2. The van der Waals surface area contributed by atoms with Gasteiger partial charge >= 0.3 is 12.4 Å². The van der Waals surface area contributed by atoms with Gasteiger partial charge in [-0.25, -0.2) is 0 Å². The highest BCUT2D eigenvalue weighted by Gasteiger charge is 2.71. The van der Waals surface area contributed by atoms with E-state index in [2.05, 4.69) is 5.32 Å². The number of aliphatic hydroxyl groups is 2. The summed E-state index contributed by atoms with van der Waals surface area (Å²) in [6.07, 6.45) is -11.3. The number of hydrogen-bond donors (Lipinski definition) is 3. The fourth-order valence-corrected chi connectivity index (χ4v) is 2.38. The number of nitrogens with zero attached hydrogens (tertiary/aromatic N) is 1. The van der Waals surface area contributed by atoms with Crippen molar-refractivity contribution in [1.29, 1.82) is 0 Å². The van der Waals surface area contributed by atoms with E-state index in [0.29, 0.717) is 17.0 Å². The number of aliphatic hydroxyl groups excluding tert-OH is 1. The topological polar surface area (TPSA) is 89.9 Å². The molecule has 1 aliphatic heterocycles. The summed E-state index contributed by atoms with van der Waals surface area (Å²) in [4.78, 5) is 24.2. The Balaban J connectivity index is 2.38. The molecular weight excluding hydrogens is 386 g/mol. The number of carbonyl (C=O) groups is 2. The molecule has 0 aliphatic carbocycles. The molecule has 27 heavy (non-hydrogen) atoms. The molecule has 0 unspecified atom stereocenters. The molecule has 2 amide bonds. The third-order valence-electron chi connectivity index (χ3n) is 3.71. The summed E-state index contributed by atoms with van der Waals surface area (Å²) in [5.74, 6) is -1.73. The van der Waals surface area contributed by atoms with E-state index in [1.807, 2.05) is 0 Å². The number of β-amino-alcohol motifs (C(OH)–C–C–N with tert-alkyl or cyclic N) is 1. The molecule has 2 rings (SSSR count). The molecule has 0 saturated heterocycles. The molecule has 0 radical (unpaired) electrons. The van der Waals surface area contributed by atoms with Crippen molar-refractivity contribution in [3.63, 3.8) is 0 Å². The third-order valence-corrected chi connectivity index (χ3v) is 3.71. The molecule has 0 aromatic heterocycles. The van der Waals surface area contributed by atoms with Gasteiger partial charge in [-0.1, -0.05) is 12.1 Å². The maximum absolute atomic E-state index is 12.9. The van der Waals surface area contributed by atoms with Crippen LogP contribution in [0.2, 0.25) is 0 Å². The van der Waals surface area contributed by atoms with E-state index in [4.69, 9.17) is 5.11 Å². The second kappa shape index (κ2) is 6.85. The highest BCUT2D eigenvalue weighted by molar-refractivity contribution is 6.17. The zero-order valence-electron chi connectivity index (χ0n) is 13.2. The summed E-state index contributed by atoms with van der Waals surface area (Å²) in [6, 6.07) is 2.66. The van der Waals surface area contributed by atoms with E-state index in [1.54, 1.807) is 0 Å². The number of nitrogens with one attached hydrogen (secondary N) is 1. The molecule has 0 atom stereocenters. The first-order chi connectivity index (χ1) is 12.3. The Morgan fingerprint density at radius 3 is 2.15 bits per heavy atom. The SMILES string of the molecule is O=C1C=C(Nc2cccc(C(O)(C(F)(F)F)C(F)(F)F)c2)C(=O)N1CCO. The molecule has 1 aliphatic rings. The number of halogens is 6. The average Bonchev–Trinajstić information content (AvgIpc) is 2.80. The monoisotopic (exact) mass is 398 g/mol. The van der Waals surface area contributed by atoms with Crippen LogP contribution in [0.15, 0.2) is 36.0 Å². The molecule has 0 bridgehead atoms. The van der Waals surface area contributed by atoms with Crippen molar-refractivity contribution < 1.29 is 46.1 Å². The second-order valence-electron chi connectivity index (χ2n) is 5.49. The fraction of sp³-hybridized carbons (Fsp3) is 0.333. The lowest BCUT2D eigenvalue weighted by Crippen LogP contribution is -2.53. The molecule has 0 saturated carbocycles. The van der Waals surface area contributed by atoms with E-state index in [-0.39, 0.29) is 6.54 Å². The van der Waals surface area contributed by atoms with E-state index >= 15 is 0 Å². The summed E-state index contributed by atoms with van der Waals surface area (Å²) in [6.45, 7) is -0.862. The molecule has 1 aromatic rings. The number of benzene rings is 1. The first-order valence-corrected chi connectivity index (χ1v) is 7.24. The molecule has 0 spiro atoms. The Kier molecular flexibility index (Phi) is 5.25. The lowest BCUT2D eigenvalue weighted by molar-refractivity contribution is -0.376. The zero-order chi connectivity index (χ0) is 20.6. The van der Waals surface area contributed by atoms with Crippen LogP contribution < -0.4 is 5.32 Å². The highest BCUT2D eigenvalue weighted by Crippen LogP contribution is 2.50. The molecule has 12 heteroatoms. The van der Waals surface area contributed by atoms with E-state index in [1.165, 1.54) is 0 Å². The minimum absolute atomic E-state index is 0.332. The van der Waals surface area contributed by atoms with Crippen LogP contribution in [0.5, 0.6) is 0 Å². The maximum atomic E-state index is 12.9. The number of alkyl halides is 6. The molecule has 1 heterocycles. The van der Waals surface area contributed by atoms with Gasteiger partial charge in [0.1, 0.15) is 5.70 Å². The van der Waals surface area contributed by atoms with Crippen molar-refractivity contribution in [2.24, 2.45) is 0 Å². The van der Waals surface area contributed by atoms with Gasteiger partial charge in [0.2, 0.25) is 0 Å². The van der Waals surface area contributed by atoms with Crippen molar-refractivity contribution in [2.45, 2.75) is 18.0 Å². The van der Waals surface area contributed by atoms with Gasteiger partial charge in [0.25, 0.3) is 17.4 Å². The van der Waals surface area contributed by atoms with Crippen LogP contribution in [0.4, 0.5) is 32.0 Å². The summed E-state index contributed by atoms with van der Waals surface area (Å²) < 4.78 is 77.6. The number of imide groups is 1. The molecule has 6 nitrogen and oxygen atoms in total. The van der Waals surface area contributed by atoms with Gasteiger partial charge in [-0.3, -0.25) is 14.5 Å². The Hall–Kier alpha value is -2.60. The highest BCUT2D eigenvalue weighted by atomic mass is 19.4. The van der Waals surface area contributed by atoms with E-state index < -0.39 is 53.3 Å². The van der Waals surface area contributed by atoms with Crippen molar-refractivity contribution in [3.8, 4) is 0 Å². The number of amides is 2. The van der Waals surface area contributed by atoms with Crippen LogP contribution in [0.3, 0.4) is 0 Å². The normalized spacial score (nSPS) is 16.0. The van der Waals surface area contributed by atoms with Crippen molar-refractivity contribution in [2.75, 3.05) is 18.5 Å². The number of hydrogen-bond acceptors (Lipinski definition) is 5. The van der Waals surface area contributed by atoms with Gasteiger partial charge in [-0.2, -0.15) is 26.3 Å². The van der Waals surface area contributed by atoms with Crippen LogP contribution in [-0.2, 0) is 15.2 Å². The standard InChI is InChI=1S/C15H12F6N2O4/c16-14(17,18)13(27,15(19,20)21)8-2-1-3-9(6-8)22-10-7-11(25)23(4-5-24)12(10)26/h1-3,6-7,22,24,27H,4-5H2. The second-order valence-corrected chi connectivity index (χ2v) is 5.49. The van der Waals surface area contributed by atoms with Gasteiger partial charge in [0.05, 0.1) is 13.2 Å². The van der Waals surface area contributed by atoms with E-state index in [9.17, 15) is 41.0 Å². The third kappa shape index (κ3) is 3.62. The predicted octanol–water partition coefficient (Wildman–Crippen LogP) is 1.66. The van der Waals surface area contributed by atoms with Crippen molar-refractivity contribution in [3.05, 3.63) is 41.6 Å². The van der Waals surface area contributed by atoms with Gasteiger partial charge < -0.3 is 15.5 Å². The van der Waals surface area contributed by atoms with Crippen LogP contribution in [0.25, 0.3) is 0 Å². The summed E-state index contributed by atoms with van der Waals surface area (Å²) in [5.41, 5.74) is -7.44. The smallest absolute Gasteiger partial charge is 0.395 e. The van der Waals surface area contributed by atoms with Gasteiger partial charge in [0.15, 0.2) is 0 Å². The minimum Gasteiger partial charge on any atom is -0.395 e. The number of anilines is 1. The Bertz CT molecular complexity index is 773. The Morgan fingerprint density at radius 2 is 1.63 bits per heavy atom. The summed E-state index contributed by atoms with van der Waals surface area (Å²) in [5, 5.41) is 20.4. The molecular formula is C15H12F6N2O4. The Morgan fingerprint density at radius 1 is 1.04 bits per heavy atom. The summed E-state index contributed by atoms with van der Waals surface area (Å²) in [7, 11) is 0. The van der Waals surface area contributed by atoms with E-state index in [0.717, 1.165) is 18.2 Å². The minimum atomic E-state index is -6.06. The van der Waals surface area contributed by atoms with Crippen LogP contribution >= 0.6 is 0 Å². The quantitative estimate of drug-likeness (QED) is 0.519. The van der Waals surface area contributed by atoms with Crippen molar-refractivity contribution >= 4 is 17.5 Å². The van der Waals surface area contributed by atoms with Crippen molar-refractivity contribution in [1.82, 2.24) is 4.90 Å². The lowest BCUT2D eigenvalue weighted by Gasteiger charge is -2.32. The average molecular weight is 398 g/mol. The zero-order valence-corrected chi connectivity index (χ0v) is 13.2. The van der Waals surface area contributed by atoms with Crippen LogP contribution in [-0.4, -0.2) is 52.4 Å². The first-order valence-electron chi connectivity index (χ1n) is 7.24. The number of rotatable bonds is 5. The molecule has 1 aromatic carbocycles. The fourth-order valence-electron chi connectivity index (χ4n) is 2.38. The lowest BCUT2D eigenvalue weighted by atomic mass is 9.92. The van der Waals surface area contributed by atoms with Gasteiger partial charge in [0, 0.05) is 17.3 Å². The largest absolute Gasteiger partial charge is 0.430 e. The maximum Gasteiger partial charge on any atom is 0.430 e.